The van der Waals surface area contributed by atoms with Crippen LogP contribution in [0, 0.1) is 0 Å². The first kappa shape index (κ1) is 16.4. The molecular formula is C17H12N6OS2. The molecule has 0 atom stereocenters. The lowest BCUT2D eigenvalue weighted by atomic mass is 10.2. The van der Waals surface area contributed by atoms with Gasteiger partial charge in [-0.25, -0.2) is 19.9 Å². The Labute approximate surface area is 156 Å². The van der Waals surface area contributed by atoms with E-state index in [1.54, 1.807) is 36.9 Å². The van der Waals surface area contributed by atoms with Crippen LogP contribution < -0.4 is 5.32 Å². The Morgan fingerprint density at radius 2 is 1.85 bits per heavy atom. The predicted molar refractivity (Wildman–Crippen MR) is 101 cm³/mol. The third-order valence-corrected chi connectivity index (χ3v) is 4.92. The van der Waals surface area contributed by atoms with Gasteiger partial charge in [0.25, 0.3) is 0 Å². The standard InChI is InChI=1S/C17H12N6OS2/c24-14(8-11-2-1-3-18-10-11)22-13-9-12(16-19-4-6-25-16)21-15(23-13)17-20-5-7-26-17/h1-7,9-10H,8H2,(H,21,22,23,24). The molecule has 0 bridgehead atoms. The van der Waals surface area contributed by atoms with Crippen LogP contribution in [0.15, 0.2) is 53.7 Å². The number of pyridine rings is 1. The normalized spacial score (nSPS) is 10.6. The minimum absolute atomic E-state index is 0.174. The Balaban J connectivity index is 1.63. The van der Waals surface area contributed by atoms with E-state index in [4.69, 9.17) is 0 Å². The zero-order valence-electron chi connectivity index (χ0n) is 13.4. The van der Waals surface area contributed by atoms with Gasteiger partial charge in [-0.15, -0.1) is 22.7 Å². The molecular weight excluding hydrogens is 368 g/mol. The molecule has 9 heteroatoms. The van der Waals surface area contributed by atoms with Crippen LogP contribution in [-0.2, 0) is 11.2 Å². The van der Waals surface area contributed by atoms with E-state index >= 15 is 0 Å². The van der Waals surface area contributed by atoms with E-state index in [1.807, 2.05) is 16.8 Å². The molecule has 0 aromatic carbocycles. The SMILES string of the molecule is O=C(Cc1cccnc1)Nc1cc(-c2nccs2)nc(-c2nccs2)n1. The van der Waals surface area contributed by atoms with Crippen molar-refractivity contribution in [2.75, 3.05) is 5.32 Å². The van der Waals surface area contributed by atoms with Crippen molar-refractivity contribution in [1.82, 2.24) is 24.9 Å². The first-order valence-electron chi connectivity index (χ1n) is 7.65. The van der Waals surface area contributed by atoms with Crippen LogP contribution in [0.4, 0.5) is 5.82 Å². The van der Waals surface area contributed by atoms with Gasteiger partial charge in [-0.2, -0.15) is 0 Å². The number of aromatic nitrogens is 5. The van der Waals surface area contributed by atoms with Crippen LogP contribution >= 0.6 is 22.7 Å². The molecule has 4 rings (SSSR count). The van der Waals surface area contributed by atoms with Gasteiger partial charge in [0.05, 0.1) is 6.42 Å². The summed E-state index contributed by atoms with van der Waals surface area (Å²) in [4.78, 5) is 33.9. The van der Waals surface area contributed by atoms with Crippen molar-refractivity contribution in [1.29, 1.82) is 0 Å². The van der Waals surface area contributed by atoms with Crippen LogP contribution in [0.3, 0.4) is 0 Å². The van der Waals surface area contributed by atoms with Crippen molar-refractivity contribution in [2.24, 2.45) is 0 Å². The summed E-state index contributed by atoms with van der Waals surface area (Å²) in [6.45, 7) is 0. The Bertz CT molecular complexity index is 951. The molecule has 4 heterocycles. The Morgan fingerprint density at radius 1 is 1.04 bits per heavy atom. The molecule has 0 saturated carbocycles. The van der Waals surface area contributed by atoms with Gasteiger partial charge in [0.1, 0.15) is 16.5 Å². The van der Waals surface area contributed by atoms with Crippen LogP contribution in [0.25, 0.3) is 21.5 Å². The third-order valence-electron chi connectivity index (χ3n) is 3.36. The molecule has 0 radical (unpaired) electrons. The van der Waals surface area contributed by atoms with Gasteiger partial charge in [-0.3, -0.25) is 9.78 Å². The molecule has 4 aromatic heterocycles. The number of hydrogen-bond acceptors (Lipinski definition) is 8. The summed E-state index contributed by atoms with van der Waals surface area (Å²) in [6, 6.07) is 5.38. The second-order valence-corrected chi connectivity index (χ2v) is 7.01. The lowest BCUT2D eigenvalue weighted by molar-refractivity contribution is -0.115. The molecule has 0 aliphatic heterocycles. The highest BCUT2D eigenvalue weighted by molar-refractivity contribution is 7.13. The highest BCUT2D eigenvalue weighted by atomic mass is 32.1. The number of hydrogen-bond donors (Lipinski definition) is 1. The summed E-state index contributed by atoms with van der Waals surface area (Å²) >= 11 is 2.91. The van der Waals surface area contributed by atoms with Gasteiger partial charge in [0.15, 0.2) is 10.8 Å². The summed E-state index contributed by atoms with van der Waals surface area (Å²) in [7, 11) is 0. The molecule has 4 aromatic rings. The lowest BCUT2D eigenvalue weighted by Crippen LogP contribution is -2.16. The number of thiazole rings is 2. The van der Waals surface area contributed by atoms with Gasteiger partial charge in [0.2, 0.25) is 5.91 Å². The minimum atomic E-state index is -0.174. The van der Waals surface area contributed by atoms with Crippen molar-refractivity contribution >= 4 is 34.4 Å². The van der Waals surface area contributed by atoms with E-state index in [9.17, 15) is 4.79 Å². The van der Waals surface area contributed by atoms with E-state index in [0.29, 0.717) is 22.3 Å². The van der Waals surface area contributed by atoms with Crippen molar-refractivity contribution in [3.8, 4) is 21.5 Å². The maximum atomic E-state index is 12.4. The maximum Gasteiger partial charge on any atom is 0.230 e. The third kappa shape index (κ3) is 3.79. The molecule has 1 N–H and O–H groups in total. The van der Waals surface area contributed by atoms with Gasteiger partial charge in [-0.1, -0.05) is 6.07 Å². The number of nitrogens with zero attached hydrogens (tertiary/aromatic N) is 5. The molecule has 0 aliphatic rings. The highest BCUT2D eigenvalue weighted by Gasteiger charge is 2.14. The monoisotopic (exact) mass is 380 g/mol. The Morgan fingerprint density at radius 3 is 2.54 bits per heavy atom. The summed E-state index contributed by atoms with van der Waals surface area (Å²) in [5, 5.41) is 8.01. The molecule has 128 valence electrons. The van der Waals surface area contributed by atoms with Crippen LogP contribution in [-0.4, -0.2) is 30.8 Å². The molecule has 7 nitrogen and oxygen atoms in total. The van der Waals surface area contributed by atoms with Crippen molar-refractivity contribution in [3.63, 3.8) is 0 Å². The van der Waals surface area contributed by atoms with Gasteiger partial charge >= 0.3 is 0 Å². The zero-order valence-corrected chi connectivity index (χ0v) is 15.0. The zero-order chi connectivity index (χ0) is 17.8. The topological polar surface area (TPSA) is 93.6 Å². The van der Waals surface area contributed by atoms with E-state index < -0.39 is 0 Å². The van der Waals surface area contributed by atoms with E-state index in [2.05, 4.69) is 30.2 Å². The van der Waals surface area contributed by atoms with Gasteiger partial charge in [-0.05, 0) is 11.6 Å². The molecule has 0 saturated heterocycles. The van der Waals surface area contributed by atoms with Crippen molar-refractivity contribution in [2.45, 2.75) is 6.42 Å². The first-order chi connectivity index (χ1) is 12.8. The fraction of sp³-hybridized carbons (Fsp3) is 0.0588. The number of rotatable bonds is 5. The largest absolute Gasteiger partial charge is 0.310 e. The number of carbonyl (C=O) groups excluding carboxylic acids is 1. The van der Waals surface area contributed by atoms with Gasteiger partial charge < -0.3 is 5.32 Å². The summed E-state index contributed by atoms with van der Waals surface area (Å²) in [5.41, 5.74) is 1.48. The van der Waals surface area contributed by atoms with Crippen molar-refractivity contribution < 1.29 is 4.79 Å². The van der Waals surface area contributed by atoms with E-state index in [-0.39, 0.29) is 12.3 Å². The Kier molecular flexibility index (Phi) is 4.71. The summed E-state index contributed by atoms with van der Waals surface area (Å²) < 4.78 is 0. The smallest absolute Gasteiger partial charge is 0.230 e. The van der Waals surface area contributed by atoms with Crippen LogP contribution in [0.1, 0.15) is 5.56 Å². The fourth-order valence-electron chi connectivity index (χ4n) is 2.28. The van der Waals surface area contributed by atoms with Crippen LogP contribution in [0.2, 0.25) is 0 Å². The minimum Gasteiger partial charge on any atom is -0.310 e. The quantitative estimate of drug-likeness (QED) is 0.571. The van der Waals surface area contributed by atoms with Gasteiger partial charge in [0, 0.05) is 41.6 Å². The van der Waals surface area contributed by atoms with Crippen LogP contribution in [0.5, 0.6) is 0 Å². The molecule has 0 aliphatic carbocycles. The average molecular weight is 380 g/mol. The lowest BCUT2D eigenvalue weighted by Gasteiger charge is -2.07. The number of amides is 1. The second kappa shape index (κ2) is 7.46. The molecule has 0 unspecified atom stereocenters. The summed E-state index contributed by atoms with van der Waals surface area (Å²) in [5.74, 6) is 0.709. The predicted octanol–water partition coefficient (Wildman–Crippen LogP) is 3.30. The highest BCUT2D eigenvalue weighted by Crippen LogP contribution is 2.26. The Hall–Kier alpha value is -3.04. The fourth-order valence-corrected chi connectivity index (χ4v) is 3.44. The molecule has 1 amide bonds. The van der Waals surface area contributed by atoms with E-state index in [1.165, 1.54) is 22.7 Å². The molecule has 26 heavy (non-hydrogen) atoms. The maximum absolute atomic E-state index is 12.4. The summed E-state index contributed by atoms with van der Waals surface area (Å²) in [6.07, 6.45) is 6.97. The average Bonchev–Trinajstić information content (AvgIpc) is 3.36. The van der Waals surface area contributed by atoms with E-state index in [0.717, 1.165) is 10.6 Å². The van der Waals surface area contributed by atoms with Crippen molar-refractivity contribution in [3.05, 3.63) is 59.3 Å². The number of carbonyl (C=O) groups is 1. The second-order valence-electron chi connectivity index (χ2n) is 5.22. The number of anilines is 1. The molecule has 0 spiro atoms. The molecule has 0 fully saturated rings. The first-order valence-corrected chi connectivity index (χ1v) is 9.41. The number of nitrogens with one attached hydrogen (secondary N) is 1.